The van der Waals surface area contributed by atoms with E-state index in [1.165, 1.54) is 25.7 Å². The quantitative estimate of drug-likeness (QED) is 0.776. The number of rotatable bonds is 7. The molecule has 6 nitrogen and oxygen atoms in total. The van der Waals surface area contributed by atoms with Crippen molar-refractivity contribution in [1.29, 1.82) is 0 Å². The van der Waals surface area contributed by atoms with E-state index in [1.807, 2.05) is 0 Å². The van der Waals surface area contributed by atoms with Crippen molar-refractivity contribution in [2.24, 2.45) is 0 Å². The van der Waals surface area contributed by atoms with Crippen LogP contribution in [0, 0.1) is 13.8 Å². The highest BCUT2D eigenvalue weighted by Gasteiger charge is 2.24. The Hall–Kier alpha value is -0.920. The van der Waals surface area contributed by atoms with Gasteiger partial charge in [-0.3, -0.25) is 0 Å². The molecule has 1 aromatic heterocycles. The Kier molecular flexibility index (Phi) is 6.00. The molecule has 1 fully saturated rings. The van der Waals surface area contributed by atoms with E-state index < -0.39 is 10.0 Å². The van der Waals surface area contributed by atoms with Gasteiger partial charge in [-0.05, 0) is 52.6 Å². The lowest BCUT2D eigenvalue weighted by Crippen LogP contribution is -2.40. The largest absolute Gasteiger partial charge is 0.360 e. The third-order valence-corrected chi connectivity index (χ3v) is 6.08. The van der Waals surface area contributed by atoms with Gasteiger partial charge in [0.2, 0.25) is 10.0 Å². The van der Waals surface area contributed by atoms with Crippen LogP contribution in [0.2, 0.25) is 0 Å². The van der Waals surface area contributed by atoms with Gasteiger partial charge in [-0.25, -0.2) is 13.1 Å². The average Bonchev–Trinajstić information content (AvgIpc) is 2.84. The fourth-order valence-corrected chi connectivity index (χ4v) is 4.64. The molecule has 22 heavy (non-hydrogen) atoms. The molecule has 0 aromatic carbocycles. The summed E-state index contributed by atoms with van der Waals surface area (Å²) < 4.78 is 32.2. The predicted octanol–water partition coefficient (Wildman–Crippen LogP) is 2.22. The molecule has 1 aliphatic heterocycles. The van der Waals surface area contributed by atoms with Crippen molar-refractivity contribution < 1.29 is 12.9 Å². The molecule has 0 unspecified atom stereocenters. The molecule has 7 heteroatoms. The maximum atomic E-state index is 12.3. The van der Waals surface area contributed by atoms with Crippen LogP contribution < -0.4 is 4.72 Å². The molecule has 0 saturated carbocycles. The second-order valence-electron chi connectivity index (χ2n) is 6.00. The van der Waals surface area contributed by atoms with Crippen molar-refractivity contribution >= 4 is 10.0 Å². The van der Waals surface area contributed by atoms with Crippen molar-refractivity contribution in [1.82, 2.24) is 14.8 Å². The van der Waals surface area contributed by atoms with Crippen LogP contribution in [0.3, 0.4) is 0 Å². The number of aryl methyl sites for hydroxylation is 2. The average molecular weight is 329 g/mol. The number of piperidine rings is 1. The Morgan fingerprint density at radius 2 is 2.14 bits per heavy atom. The minimum absolute atomic E-state index is 0.178. The molecule has 1 atom stereocenters. The van der Waals surface area contributed by atoms with E-state index >= 15 is 0 Å². The Labute approximate surface area is 133 Å². The van der Waals surface area contributed by atoms with Crippen LogP contribution in [0.5, 0.6) is 0 Å². The molecule has 0 bridgehead atoms. The number of nitrogens with one attached hydrogen (secondary N) is 1. The van der Waals surface area contributed by atoms with Gasteiger partial charge in [0.25, 0.3) is 0 Å². The Balaban J connectivity index is 1.83. The number of nitrogens with zero attached hydrogens (tertiary/aromatic N) is 2. The van der Waals surface area contributed by atoms with Crippen molar-refractivity contribution in [3.8, 4) is 0 Å². The Bertz CT molecular complexity index is 563. The number of hydrogen-bond donors (Lipinski definition) is 1. The van der Waals surface area contributed by atoms with Gasteiger partial charge in [0.15, 0.2) is 5.76 Å². The van der Waals surface area contributed by atoms with E-state index in [0.717, 1.165) is 19.5 Å². The first-order chi connectivity index (χ1) is 10.5. The van der Waals surface area contributed by atoms with Gasteiger partial charge in [0, 0.05) is 12.6 Å². The van der Waals surface area contributed by atoms with Gasteiger partial charge in [-0.15, -0.1) is 0 Å². The van der Waals surface area contributed by atoms with E-state index in [2.05, 4.69) is 21.7 Å². The van der Waals surface area contributed by atoms with Crippen LogP contribution in [0.25, 0.3) is 0 Å². The minimum Gasteiger partial charge on any atom is -0.360 e. The lowest BCUT2D eigenvalue weighted by atomic mass is 10.00. The van der Waals surface area contributed by atoms with Gasteiger partial charge in [0.05, 0.1) is 0 Å². The molecule has 2 rings (SSSR count). The van der Waals surface area contributed by atoms with Crippen molar-refractivity contribution in [3.05, 3.63) is 11.5 Å². The molecule has 0 aliphatic carbocycles. The highest BCUT2D eigenvalue weighted by atomic mass is 32.2. The van der Waals surface area contributed by atoms with Crippen LogP contribution in [0.15, 0.2) is 9.42 Å². The molecule has 0 amide bonds. The van der Waals surface area contributed by atoms with Crippen LogP contribution in [-0.4, -0.2) is 44.2 Å². The number of likely N-dealkylation sites (tertiary alicyclic amines) is 1. The summed E-state index contributed by atoms with van der Waals surface area (Å²) in [6, 6.07) is 0.660. The summed E-state index contributed by atoms with van der Waals surface area (Å²) in [6.45, 7) is 8.01. The van der Waals surface area contributed by atoms with Crippen molar-refractivity contribution in [2.75, 3.05) is 19.6 Å². The topological polar surface area (TPSA) is 75.4 Å². The second-order valence-corrected chi connectivity index (χ2v) is 7.70. The Morgan fingerprint density at radius 1 is 1.36 bits per heavy atom. The maximum absolute atomic E-state index is 12.3. The fraction of sp³-hybridized carbons (Fsp3) is 0.800. The van der Waals surface area contributed by atoms with Gasteiger partial charge in [-0.1, -0.05) is 18.5 Å². The number of hydrogen-bond acceptors (Lipinski definition) is 5. The summed E-state index contributed by atoms with van der Waals surface area (Å²) in [4.78, 5) is 2.67. The molecular weight excluding hydrogens is 302 g/mol. The smallest absolute Gasteiger partial charge is 0.245 e. The van der Waals surface area contributed by atoms with E-state index in [1.54, 1.807) is 13.8 Å². The van der Waals surface area contributed by atoms with E-state index in [-0.39, 0.29) is 4.90 Å². The zero-order chi connectivity index (χ0) is 16.2. The number of aromatic nitrogens is 1. The SMILES string of the molecule is CC[C@H]1CCCCN1CCCNS(=O)(=O)c1c(C)noc1C. The third kappa shape index (κ3) is 4.08. The standard InChI is InChI=1S/C15H27N3O3S/c1-4-14-8-5-6-10-18(14)11-7-9-16-22(19,20)15-12(2)17-21-13(15)3/h14,16H,4-11H2,1-3H3/t14-/m0/s1. The second kappa shape index (κ2) is 7.57. The summed E-state index contributed by atoms with van der Waals surface area (Å²) in [5, 5.41) is 3.70. The van der Waals surface area contributed by atoms with Gasteiger partial charge >= 0.3 is 0 Å². The first-order valence-electron chi connectivity index (χ1n) is 8.12. The third-order valence-electron chi connectivity index (χ3n) is 4.37. The lowest BCUT2D eigenvalue weighted by molar-refractivity contribution is 0.143. The van der Waals surface area contributed by atoms with E-state index in [4.69, 9.17) is 4.52 Å². The Morgan fingerprint density at radius 3 is 2.77 bits per heavy atom. The molecular formula is C15H27N3O3S. The summed E-state index contributed by atoms with van der Waals surface area (Å²) in [5.74, 6) is 0.340. The molecule has 0 spiro atoms. The van der Waals surface area contributed by atoms with Crippen molar-refractivity contribution in [2.45, 2.75) is 63.8 Å². The van der Waals surface area contributed by atoms with Crippen LogP contribution >= 0.6 is 0 Å². The first kappa shape index (κ1) is 17.4. The minimum atomic E-state index is -3.53. The van der Waals surface area contributed by atoms with Crippen LogP contribution in [0.1, 0.15) is 50.5 Å². The predicted molar refractivity (Wildman–Crippen MR) is 85.3 cm³/mol. The van der Waals surface area contributed by atoms with Gasteiger partial charge < -0.3 is 9.42 Å². The highest BCUT2D eigenvalue weighted by molar-refractivity contribution is 7.89. The summed E-state index contributed by atoms with van der Waals surface area (Å²) in [7, 11) is -3.53. The highest BCUT2D eigenvalue weighted by Crippen LogP contribution is 2.20. The van der Waals surface area contributed by atoms with Gasteiger partial charge in [-0.2, -0.15) is 0 Å². The molecule has 1 N–H and O–H groups in total. The summed E-state index contributed by atoms with van der Waals surface area (Å²) >= 11 is 0. The van der Waals surface area contributed by atoms with E-state index in [9.17, 15) is 8.42 Å². The molecule has 1 saturated heterocycles. The number of sulfonamides is 1. The lowest BCUT2D eigenvalue weighted by Gasteiger charge is -2.35. The van der Waals surface area contributed by atoms with Crippen molar-refractivity contribution in [3.63, 3.8) is 0 Å². The molecule has 1 aliphatic rings. The molecule has 1 aromatic rings. The monoisotopic (exact) mass is 329 g/mol. The van der Waals surface area contributed by atoms with Crippen LogP contribution in [-0.2, 0) is 10.0 Å². The van der Waals surface area contributed by atoms with Gasteiger partial charge in [0.1, 0.15) is 10.6 Å². The molecule has 0 radical (unpaired) electrons. The van der Waals surface area contributed by atoms with Crippen LogP contribution in [0.4, 0.5) is 0 Å². The normalized spacial score (nSPS) is 20.4. The molecule has 2 heterocycles. The van der Waals surface area contributed by atoms with E-state index in [0.29, 0.717) is 24.0 Å². The zero-order valence-corrected chi connectivity index (χ0v) is 14.6. The summed E-state index contributed by atoms with van der Waals surface area (Å²) in [5.41, 5.74) is 0.409. The zero-order valence-electron chi connectivity index (χ0n) is 13.8. The maximum Gasteiger partial charge on any atom is 0.245 e. The first-order valence-corrected chi connectivity index (χ1v) is 9.60. The summed E-state index contributed by atoms with van der Waals surface area (Å²) in [6.07, 6.45) is 5.82. The fourth-order valence-electron chi connectivity index (χ4n) is 3.24. The molecule has 126 valence electrons.